The third-order valence-corrected chi connectivity index (χ3v) is 5.87. The van der Waals surface area contributed by atoms with E-state index in [4.69, 9.17) is 5.73 Å². The van der Waals surface area contributed by atoms with Crippen LogP contribution in [0.3, 0.4) is 0 Å². The van der Waals surface area contributed by atoms with Crippen LogP contribution in [0.4, 0.5) is 11.5 Å². The van der Waals surface area contributed by atoms with E-state index in [9.17, 15) is 14.4 Å². The van der Waals surface area contributed by atoms with Gasteiger partial charge in [-0.1, -0.05) is 49.6 Å². The van der Waals surface area contributed by atoms with Crippen LogP contribution in [0.1, 0.15) is 44.6 Å². The van der Waals surface area contributed by atoms with E-state index in [2.05, 4.69) is 9.88 Å². The molecule has 1 aliphatic carbocycles. The lowest BCUT2D eigenvalue weighted by Gasteiger charge is -2.32. The van der Waals surface area contributed by atoms with Gasteiger partial charge in [-0.3, -0.25) is 24.0 Å². The first-order chi connectivity index (χ1) is 14.4. The van der Waals surface area contributed by atoms with Gasteiger partial charge in [0.25, 0.3) is 5.56 Å². The molecule has 1 fully saturated rings. The van der Waals surface area contributed by atoms with E-state index in [-0.39, 0.29) is 37.0 Å². The number of carbonyl (C=O) groups excluding carboxylic acids is 1. The zero-order valence-electron chi connectivity index (χ0n) is 17.8. The number of nitrogens with zero attached hydrogens (tertiary/aromatic N) is 3. The molecule has 0 bridgehead atoms. The Kier molecular flexibility index (Phi) is 7.10. The maximum atomic E-state index is 13.1. The molecule has 0 aliphatic heterocycles. The summed E-state index contributed by atoms with van der Waals surface area (Å²) in [5, 5.41) is 0. The molecule has 8 nitrogen and oxygen atoms in total. The summed E-state index contributed by atoms with van der Waals surface area (Å²) in [4.78, 5) is 43.8. The molecule has 0 unspecified atom stereocenters. The zero-order chi connectivity index (χ0) is 21.7. The number of aromatic amines is 1. The van der Waals surface area contributed by atoms with Crippen molar-refractivity contribution in [3.8, 4) is 0 Å². The Bertz CT molecular complexity index is 977. The Labute approximate surface area is 176 Å². The van der Waals surface area contributed by atoms with Crippen LogP contribution in [0.15, 0.2) is 39.9 Å². The number of aromatic nitrogens is 2. The summed E-state index contributed by atoms with van der Waals surface area (Å²) in [6, 6.07) is 9.74. The highest BCUT2D eigenvalue weighted by Gasteiger charge is 2.26. The fourth-order valence-corrected chi connectivity index (χ4v) is 4.17. The fourth-order valence-electron chi connectivity index (χ4n) is 4.17. The lowest BCUT2D eigenvalue weighted by atomic mass is 9.94. The van der Waals surface area contributed by atoms with Crippen LogP contribution in [0, 0.1) is 0 Å². The van der Waals surface area contributed by atoms with Crippen LogP contribution in [0.2, 0.25) is 0 Å². The van der Waals surface area contributed by atoms with Crippen LogP contribution in [0.25, 0.3) is 0 Å². The average Bonchev–Trinajstić information content (AvgIpc) is 2.75. The summed E-state index contributed by atoms with van der Waals surface area (Å²) in [5.41, 5.74) is 5.93. The third-order valence-electron chi connectivity index (χ3n) is 5.87. The van der Waals surface area contributed by atoms with Gasteiger partial charge in [-0.2, -0.15) is 0 Å². The zero-order valence-corrected chi connectivity index (χ0v) is 17.8. The summed E-state index contributed by atoms with van der Waals surface area (Å²) in [7, 11) is 1.95. The fraction of sp³-hybridized carbons (Fsp3) is 0.500. The number of H-pyrrole nitrogens is 1. The van der Waals surface area contributed by atoms with Crippen molar-refractivity contribution in [1.82, 2.24) is 14.5 Å². The molecule has 3 N–H and O–H groups in total. The van der Waals surface area contributed by atoms with Gasteiger partial charge in [-0.25, -0.2) is 4.79 Å². The molecule has 1 saturated carbocycles. The van der Waals surface area contributed by atoms with Gasteiger partial charge in [0.15, 0.2) is 5.69 Å². The minimum Gasteiger partial charge on any atom is -0.383 e. The molecule has 3 rings (SSSR count). The van der Waals surface area contributed by atoms with Crippen LogP contribution < -0.4 is 21.9 Å². The monoisotopic (exact) mass is 413 g/mol. The lowest BCUT2D eigenvalue weighted by Crippen LogP contribution is -2.46. The SMILES string of the molecule is CCN(C(=O)CN(C)C1CCCCC1)c1c(N)n(Cc2ccccc2)c(=O)[nH]c1=O. The molecule has 0 radical (unpaired) electrons. The number of likely N-dealkylation sites (N-methyl/N-ethyl adjacent to an activating group) is 2. The summed E-state index contributed by atoms with van der Waals surface area (Å²) in [5.74, 6) is -0.198. The Hall–Kier alpha value is -2.87. The Morgan fingerprint density at radius 1 is 1.17 bits per heavy atom. The third kappa shape index (κ3) is 4.81. The predicted octanol–water partition coefficient (Wildman–Crippen LogP) is 1.78. The Morgan fingerprint density at radius 2 is 1.83 bits per heavy atom. The second-order valence-electron chi connectivity index (χ2n) is 7.91. The van der Waals surface area contributed by atoms with Crippen LogP contribution in [0.5, 0.6) is 0 Å². The molecule has 0 spiro atoms. The molecule has 8 heteroatoms. The van der Waals surface area contributed by atoms with Crippen LogP contribution in [-0.4, -0.2) is 46.5 Å². The van der Waals surface area contributed by atoms with Crippen LogP contribution >= 0.6 is 0 Å². The Morgan fingerprint density at radius 3 is 2.47 bits per heavy atom. The molecular weight excluding hydrogens is 382 g/mol. The van der Waals surface area contributed by atoms with Crippen molar-refractivity contribution in [2.75, 3.05) is 30.8 Å². The second kappa shape index (κ2) is 9.75. The van der Waals surface area contributed by atoms with Crippen molar-refractivity contribution in [1.29, 1.82) is 0 Å². The molecule has 1 amide bonds. The van der Waals surface area contributed by atoms with Crippen molar-refractivity contribution in [2.45, 2.75) is 51.6 Å². The van der Waals surface area contributed by atoms with Gasteiger partial charge >= 0.3 is 5.69 Å². The van der Waals surface area contributed by atoms with Crippen molar-refractivity contribution in [3.63, 3.8) is 0 Å². The Balaban J connectivity index is 1.88. The molecule has 1 aliphatic rings. The largest absolute Gasteiger partial charge is 0.383 e. The van der Waals surface area contributed by atoms with E-state index in [1.165, 1.54) is 28.7 Å². The van der Waals surface area contributed by atoms with Crippen molar-refractivity contribution < 1.29 is 4.79 Å². The number of carbonyl (C=O) groups is 1. The van der Waals surface area contributed by atoms with Crippen molar-refractivity contribution in [3.05, 3.63) is 56.7 Å². The number of nitrogens with one attached hydrogen (secondary N) is 1. The van der Waals surface area contributed by atoms with Gasteiger partial charge in [0, 0.05) is 12.6 Å². The standard InChI is InChI=1S/C22H31N5O3/c1-3-26(18(28)15-25(2)17-12-8-5-9-13-17)19-20(23)27(22(30)24-21(19)29)14-16-10-6-4-7-11-16/h4,6-7,10-11,17H,3,5,8-9,12-15,23H2,1-2H3,(H,24,29,30). The van der Waals surface area contributed by atoms with Crippen molar-refractivity contribution in [2.24, 2.45) is 0 Å². The molecular formula is C22H31N5O3. The molecule has 1 heterocycles. The minimum absolute atomic E-state index is 0.00289. The number of nitrogen functional groups attached to an aromatic ring is 1. The number of nitrogens with two attached hydrogens (primary N) is 1. The molecule has 162 valence electrons. The highest BCUT2D eigenvalue weighted by molar-refractivity contribution is 5.96. The summed E-state index contributed by atoms with van der Waals surface area (Å²) in [6.45, 7) is 2.50. The summed E-state index contributed by atoms with van der Waals surface area (Å²) >= 11 is 0. The van der Waals surface area contributed by atoms with Gasteiger partial charge in [0.05, 0.1) is 13.1 Å². The normalized spacial score (nSPS) is 14.8. The average molecular weight is 414 g/mol. The number of hydrogen-bond acceptors (Lipinski definition) is 5. The van der Waals surface area contributed by atoms with E-state index >= 15 is 0 Å². The molecule has 1 aromatic carbocycles. The maximum Gasteiger partial charge on any atom is 0.330 e. The number of anilines is 2. The topological polar surface area (TPSA) is 104 Å². The van der Waals surface area contributed by atoms with Gasteiger partial charge in [0.2, 0.25) is 5.91 Å². The quantitative estimate of drug-likeness (QED) is 0.720. The smallest absolute Gasteiger partial charge is 0.330 e. The lowest BCUT2D eigenvalue weighted by molar-refractivity contribution is -0.120. The first-order valence-corrected chi connectivity index (χ1v) is 10.6. The molecule has 2 aromatic rings. The van der Waals surface area contributed by atoms with Gasteiger partial charge in [-0.05, 0) is 32.4 Å². The van der Waals surface area contributed by atoms with E-state index in [0.29, 0.717) is 6.04 Å². The van der Waals surface area contributed by atoms with E-state index < -0.39 is 11.2 Å². The summed E-state index contributed by atoms with van der Waals surface area (Å²) in [6.07, 6.45) is 5.77. The molecule has 1 aromatic heterocycles. The maximum absolute atomic E-state index is 13.1. The highest BCUT2D eigenvalue weighted by atomic mass is 16.2. The minimum atomic E-state index is -0.641. The number of rotatable bonds is 7. The van der Waals surface area contributed by atoms with Gasteiger partial charge in [0.1, 0.15) is 5.82 Å². The number of benzene rings is 1. The van der Waals surface area contributed by atoms with E-state index in [1.807, 2.05) is 37.4 Å². The van der Waals surface area contributed by atoms with Gasteiger partial charge < -0.3 is 10.6 Å². The second-order valence-corrected chi connectivity index (χ2v) is 7.91. The number of amides is 1. The molecule has 0 saturated heterocycles. The molecule has 30 heavy (non-hydrogen) atoms. The summed E-state index contributed by atoms with van der Waals surface area (Å²) < 4.78 is 1.30. The van der Waals surface area contributed by atoms with Crippen molar-refractivity contribution >= 4 is 17.4 Å². The van der Waals surface area contributed by atoms with Gasteiger partial charge in [-0.15, -0.1) is 0 Å². The predicted molar refractivity (Wildman–Crippen MR) is 119 cm³/mol. The van der Waals surface area contributed by atoms with Crippen LogP contribution in [-0.2, 0) is 11.3 Å². The molecule has 0 atom stereocenters. The first-order valence-electron chi connectivity index (χ1n) is 10.6. The van der Waals surface area contributed by atoms with E-state index in [1.54, 1.807) is 6.92 Å². The number of hydrogen-bond donors (Lipinski definition) is 2. The van der Waals surface area contributed by atoms with E-state index in [0.717, 1.165) is 18.4 Å². The first kappa shape index (κ1) is 21.8. The highest BCUT2D eigenvalue weighted by Crippen LogP contribution is 2.22.